The highest BCUT2D eigenvalue weighted by atomic mass is 32.2. The molecule has 2 atom stereocenters. The third kappa shape index (κ3) is 7.42. The van der Waals surface area contributed by atoms with Crippen molar-refractivity contribution in [3.8, 4) is 17.6 Å². The maximum absolute atomic E-state index is 12.6. The second-order valence-electron chi connectivity index (χ2n) is 5.82. The van der Waals surface area contributed by atoms with Crippen LogP contribution >= 0.6 is 11.8 Å². The van der Waals surface area contributed by atoms with Crippen LogP contribution in [0.4, 0.5) is 0 Å². The van der Waals surface area contributed by atoms with Gasteiger partial charge < -0.3 is 14.9 Å². The van der Waals surface area contributed by atoms with Crippen molar-refractivity contribution in [1.29, 1.82) is 0 Å². The lowest BCUT2D eigenvalue weighted by Crippen LogP contribution is -2.52. The summed E-state index contributed by atoms with van der Waals surface area (Å²) < 4.78 is 31.5. The summed E-state index contributed by atoms with van der Waals surface area (Å²) in [6, 6.07) is 4.16. The molecule has 3 N–H and O–H groups in total. The fourth-order valence-corrected chi connectivity index (χ4v) is 4.46. The number of hydrogen-bond donors (Lipinski definition) is 3. The van der Waals surface area contributed by atoms with Crippen LogP contribution in [-0.4, -0.2) is 54.4 Å². The van der Waals surface area contributed by atoms with Crippen LogP contribution < -0.4 is 9.46 Å². The molecular weight excluding hydrogens is 390 g/mol. The topological polar surface area (TPSA) is 113 Å². The van der Waals surface area contributed by atoms with E-state index in [-0.39, 0.29) is 18.1 Å². The Balaban J connectivity index is 2.93. The number of nitrogens with one attached hydrogen (secondary N) is 1. The van der Waals surface area contributed by atoms with E-state index in [0.717, 1.165) is 0 Å². The van der Waals surface area contributed by atoms with E-state index in [4.69, 9.17) is 9.84 Å². The lowest BCUT2D eigenvalue weighted by atomic mass is 10.1. The van der Waals surface area contributed by atoms with E-state index < -0.39 is 26.8 Å². The van der Waals surface area contributed by atoms with Gasteiger partial charge in [-0.1, -0.05) is 5.92 Å². The van der Waals surface area contributed by atoms with E-state index >= 15 is 0 Å². The summed E-state index contributed by atoms with van der Waals surface area (Å²) in [4.78, 5) is 11.5. The predicted molar refractivity (Wildman–Crippen MR) is 105 cm³/mol. The van der Waals surface area contributed by atoms with E-state index in [9.17, 15) is 18.3 Å². The number of thioether (sulfide) groups is 1. The number of aliphatic hydroxyl groups excluding tert-OH is 1. The van der Waals surface area contributed by atoms with Gasteiger partial charge in [-0.15, -0.1) is 5.92 Å². The number of aliphatic hydroxyl groups is 1. The molecule has 9 heteroatoms. The molecule has 1 aromatic carbocycles. The van der Waals surface area contributed by atoms with Crippen LogP contribution in [0.3, 0.4) is 0 Å². The second-order valence-corrected chi connectivity index (χ2v) is 9.16. The number of carboxylic acid groups (broad SMARTS) is 1. The van der Waals surface area contributed by atoms with E-state index in [0.29, 0.717) is 17.9 Å². The standard InChI is InChI=1S/C18H24NO6S2/c1-4-5-12-25-14-7-9-15(10-8-14)27(23,24)19-16(17(21)22)18(2,3)26-13-6-11-20/h7-10,16,19-20H,2,6,11-13H2,1,3H3,(H,21,22)/t16-,18?/m0/s1. The van der Waals surface area contributed by atoms with Crippen molar-refractivity contribution in [3.63, 3.8) is 0 Å². The summed E-state index contributed by atoms with van der Waals surface area (Å²) in [5.41, 5.74) is 0. The summed E-state index contributed by atoms with van der Waals surface area (Å²) >= 11 is 1.18. The van der Waals surface area contributed by atoms with Crippen molar-refractivity contribution in [2.45, 2.75) is 36.0 Å². The Labute approximate surface area is 164 Å². The third-order valence-electron chi connectivity index (χ3n) is 3.49. The van der Waals surface area contributed by atoms with Gasteiger partial charge >= 0.3 is 5.97 Å². The highest BCUT2D eigenvalue weighted by Gasteiger charge is 2.39. The van der Waals surface area contributed by atoms with Gasteiger partial charge in [0, 0.05) is 11.4 Å². The van der Waals surface area contributed by atoms with Crippen LogP contribution in [-0.2, 0) is 14.8 Å². The summed E-state index contributed by atoms with van der Waals surface area (Å²) in [7, 11) is -4.08. The van der Waals surface area contributed by atoms with Crippen molar-refractivity contribution in [1.82, 2.24) is 4.72 Å². The molecule has 0 aromatic heterocycles. The molecule has 0 fully saturated rings. The van der Waals surface area contributed by atoms with Crippen molar-refractivity contribution in [2.24, 2.45) is 0 Å². The molecule has 0 bridgehead atoms. The SMILES string of the molecule is [CH2]C(C)(SCCCO)[C@@H](NS(=O)(=O)c1ccc(OCC#CC)cc1)C(=O)O. The zero-order valence-electron chi connectivity index (χ0n) is 15.3. The monoisotopic (exact) mass is 414 g/mol. The maximum atomic E-state index is 12.6. The zero-order chi connectivity index (χ0) is 20.5. The van der Waals surface area contributed by atoms with E-state index in [1.165, 1.54) is 36.0 Å². The van der Waals surface area contributed by atoms with Crippen LogP contribution in [0.1, 0.15) is 20.3 Å². The Morgan fingerprint density at radius 1 is 1.41 bits per heavy atom. The van der Waals surface area contributed by atoms with Gasteiger partial charge in [-0.05, 0) is 57.2 Å². The Morgan fingerprint density at radius 2 is 2.04 bits per heavy atom. The van der Waals surface area contributed by atoms with Gasteiger partial charge in [0.05, 0.1) is 4.90 Å². The first-order chi connectivity index (χ1) is 12.6. The largest absolute Gasteiger partial charge is 0.481 e. The van der Waals surface area contributed by atoms with Gasteiger partial charge in [-0.25, -0.2) is 8.42 Å². The first-order valence-electron chi connectivity index (χ1n) is 8.12. The maximum Gasteiger partial charge on any atom is 0.323 e. The second kappa shape index (κ2) is 10.6. The highest BCUT2D eigenvalue weighted by Crippen LogP contribution is 2.30. The number of hydrogen-bond acceptors (Lipinski definition) is 6. The van der Waals surface area contributed by atoms with Crippen molar-refractivity contribution < 1.29 is 28.2 Å². The molecule has 149 valence electrons. The minimum atomic E-state index is -4.08. The van der Waals surface area contributed by atoms with E-state index in [1.807, 2.05) is 0 Å². The molecule has 7 nitrogen and oxygen atoms in total. The molecule has 0 amide bonds. The number of carboxylic acids is 1. The molecule has 0 heterocycles. The first kappa shape index (κ1) is 23.3. The Morgan fingerprint density at radius 3 is 2.56 bits per heavy atom. The molecule has 0 aliphatic rings. The lowest BCUT2D eigenvalue weighted by molar-refractivity contribution is -0.139. The Hall–Kier alpha value is -1.73. The van der Waals surface area contributed by atoms with Crippen LogP contribution in [0.2, 0.25) is 0 Å². The molecule has 1 unspecified atom stereocenters. The lowest BCUT2D eigenvalue weighted by Gasteiger charge is -2.31. The predicted octanol–water partition coefficient (Wildman–Crippen LogP) is 1.53. The molecule has 0 saturated carbocycles. The first-order valence-corrected chi connectivity index (χ1v) is 10.6. The molecule has 0 aliphatic carbocycles. The molecule has 0 saturated heterocycles. The Bertz CT molecular complexity index is 778. The number of ether oxygens (including phenoxy) is 1. The zero-order valence-corrected chi connectivity index (χ0v) is 16.9. The minimum Gasteiger partial charge on any atom is -0.481 e. The molecule has 1 radical (unpaired) electrons. The summed E-state index contributed by atoms with van der Waals surface area (Å²) in [6.45, 7) is 7.21. The number of aliphatic carboxylic acids is 1. The fourth-order valence-electron chi connectivity index (χ4n) is 2.02. The van der Waals surface area contributed by atoms with E-state index in [2.05, 4.69) is 23.5 Å². The van der Waals surface area contributed by atoms with Gasteiger partial charge in [-0.2, -0.15) is 16.5 Å². The summed E-state index contributed by atoms with van der Waals surface area (Å²) in [5.74, 6) is 4.98. The number of carbonyl (C=O) groups is 1. The average molecular weight is 415 g/mol. The number of rotatable bonds is 11. The summed E-state index contributed by atoms with van der Waals surface area (Å²) in [6.07, 6.45) is 0.457. The van der Waals surface area contributed by atoms with Gasteiger partial charge in [0.15, 0.2) is 0 Å². The molecule has 27 heavy (non-hydrogen) atoms. The number of benzene rings is 1. The molecule has 1 rings (SSSR count). The van der Waals surface area contributed by atoms with Crippen LogP contribution in [0, 0.1) is 18.8 Å². The Kier molecular flexibility index (Phi) is 9.12. The van der Waals surface area contributed by atoms with E-state index in [1.54, 1.807) is 13.8 Å². The normalized spacial score (nSPS) is 12.7. The van der Waals surface area contributed by atoms with Gasteiger partial charge in [0.25, 0.3) is 0 Å². The van der Waals surface area contributed by atoms with Crippen LogP contribution in [0.25, 0.3) is 0 Å². The van der Waals surface area contributed by atoms with Crippen molar-refractivity contribution in [3.05, 3.63) is 31.2 Å². The molecule has 1 aromatic rings. The average Bonchev–Trinajstić information content (AvgIpc) is 2.60. The summed E-state index contributed by atoms with van der Waals surface area (Å²) in [5, 5.41) is 18.3. The third-order valence-corrected chi connectivity index (χ3v) is 6.31. The molecule has 0 spiro atoms. The van der Waals surface area contributed by atoms with Gasteiger partial charge in [-0.3, -0.25) is 4.79 Å². The van der Waals surface area contributed by atoms with Gasteiger partial charge in [0.1, 0.15) is 18.4 Å². The van der Waals surface area contributed by atoms with Crippen molar-refractivity contribution in [2.75, 3.05) is 19.0 Å². The van der Waals surface area contributed by atoms with Crippen molar-refractivity contribution >= 4 is 27.8 Å². The van der Waals surface area contributed by atoms with Gasteiger partial charge in [0.2, 0.25) is 10.0 Å². The number of sulfonamides is 1. The minimum absolute atomic E-state index is 0.0369. The van der Waals surface area contributed by atoms with Crippen LogP contribution in [0.5, 0.6) is 5.75 Å². The smallest absolute Gasteiger partial charge is 0.323 e. The fraction of sp³-hybridized carbons (Fsp3) is 0.444. The van der Waals surface area contributed by atoms with Crippen LogP contribution in [0.15, 0.2) is 29.2 Å². The molecular formula is C18H24NO6S2. The molecule has 0 aliphatic heterocycles. The highest BCUT2D eigenvalue weighted by molar-refractivity contribution is 8.00. The quantitative estimate of drug-likeness (QED) is 0.372.